The summed E-state index contributed by atoms with van der Waals surface area (Å²) in [6, 6.07) is 1.77. The van der Waals surface area contributed by atoms with Crippen molar-refractivity contribution in [1.29, 1.82) is 0 Å². The Kier molecular flexibility index (Phi) is 4.03. The summed E-state index contributed by atoms with van der Waals surface area (Å²) in [6.07, 6.45) is 3.38. The Labute approximate surface area is 124 Å². The van der Waals surface area contributed by atoms with Gasteiger partial charge in [0.05, 0.1) is 11.7 Å². The molecule has 2 aromatic rings. The van der Waals surface area contributed by atoms with E-state index in [9.17, 15) is 0 Å². The lowest BCUT2D eigenvalue weighted by atomic mass is 10.2. The maximum atomic E-state index is 6.19. The number of hydrogen-bond acceptors (Lipinski definition) is 6. The standard InChI is InChI=1S/C14H22N6O/c1-3-10-8-12(19(2)17-10)14-16-13(18-21-14)11(15)9-20-6-4-5-7-20/h8,11H,3-7,9,15H2,1-2H3. The molecule has 0 aliphatic carbocycles. The molecule has 0 amide bonds. The van der Waals surface area contributed by atoms with Gasteiger partial charge < -0.3 is 15.2 Å². The van der Waals surface area contributed by atoms with Crippen LogP contribution in [0, 0.1) is 0 Å². The fourth-order valence-electron chi connectivity index (χ4n) is 2.71. The van der Waals surface area contributed by atoms with Crippen LogP contribution in [0.3, 0.4) is 0 Å². The van der Waals surface area contributed by atoms with E-state index < -0.39 is 0 Å². The predicted molar refractivity (Wildman–Crippen MR) is 78.5 cm³/mol. The van der Waals surface area contributed by atoms with Crippen LogP contribution >= 0.6 is 0 Å². The summed E-state index contributed by atoms with van der Waals surface area (Å²) >= 11 is 0. The first-order valence-corrected chi connectivity index (χ1v) is 7.52. The van der Waals surface area contributed by atoms with E-state index in [-0.39, 0.29) is 6.04 Å². The number of aryl methyl sites for hydroxylation is 2. The Hall–Kier alpha value is -1.73. The first-order valence-electron chi connectivity index (χ1n) is 7.52. The number of hydrogen-bond donors (Lipinski definition) is 1. The van der Waals surface area contributed by atoms with Gasteiger partial charge in [0.25, 0.3) is 5.89 Å². The summed E-state index contributed by atoms with van der Waals surface area (Å²) in [5.74, 6) is 1.05. The Morgan fingerprint density at radius 2 is 2.14 bits per heavy atom. The molecule has 21 heavy (non-hydrogen) atoms. The average molecular weight is 290 g/mol. The summed E-state index contributed by atoms with van der Waals surface area (Å²) < 4.78 is 7.12. The van der Waals surface area contributed by atoms with Crippen molar-refractivity contribution in [3.63, 3.8) is 0 Å². The van der Waals surface area contributed by atoms with Crippen molar-refractivity contribution in [3.05, 3.63) is 17.6 Å². The molecule has 2 N–H and O–H groups in total. The smallest absolute Gasteiger partial charge is 0.276 e. The minimum atomic E-state index is -0.209. The molecule has 7 nitrogen and oxygen atoms in total. The van der Waals surface area contributed by atoms with E-state index in [1.165, 1.54) is 12.8 Å². The lowest BCUT2D eigenvalue weighted by Crippen LogP contribution is -2.30. The van der Waals surface area contributed by atoms with Crippen molar-refractivity contribution >= 4 is 0 Å². The van der Waals surface area contributed by atoms with Crippen molar-refractivity contribution in [2.24, 2.45) is 12.8 Å². The zero-order chi connectivity index (χ0) is 14.8. The summed E-state index contributed by atoms with van der Waals surface area (Å²) in [6.45, 7) is 5.07. The molecule has 1 unspecified atom stereocenters. The molecule has 1 atom stereocenters. The molecule has 0 radical (unpaired) electrons. The second-order valence-corrected chi connectivity index (χ2v) is 5.57. The number of aromatic nitrogens is 4. The summed E-state index contributed by atoms with van der Waals surface area (Å²) in [5.41, 5.74) is 8.03. The highest BCUT2D eigenvalue weighted by Crippen LogP contribution is 2.20. The van der Waals surface area contributed by atoms with Crippen LogP contribution in [0.1, 0.15) is 37.3 Å². The third-order valence-corrected chi connectivity index (χ3v) is 3.94. The molecule has 1 saturated heterocycles. The maximum absolute atomic E-state index is 6.19. The fourth-order valence-corrected chi connectivity index (χ4v) is 2.71. The molecule has 114 valence electrons. The van der Waals surface area contributed by atoms with Crippen molar-refractivity contribution in [2.75, 3.05) is 19.6 Å². The van der Waals surface area contributed by atoms with Gasteiger partial charge in [0.1, 0.15) is 5.69 Å². The molecule has 0 aromatic carbocycles. The summed E-state index contributed by atoms with van der Waals surface area (Å²) in [7, 11) is 1.88. The van der Waals surface area contributed by atoms with Crippen LogP contribution in [-0.4, -0.2) is 44.5 Å². The zero-order valence-electron chi connectivity index (χ0n) is 12.6. The highest BCUT2D eigenvalue weighted by Gasteiger charge is 2.21. The molecular formula is C14H22N6O. The molecule has 0 saturated carbocycles. The normalized spacial score (nSPS) is 17.5. The van der Waals surface area contributed by atoms with Gasteiger partial charge in [0, 0.05) is 13.6 Å². The van der Waals surface area contributed by atoms with E-state index in [4.69, 9.17) is 10.3 Å². The topological polar surface area (TPSA) is 86.0 Å². The number of nitrogens with two attached hydrogens (primary N) is 1. The first kappa shape index (κ1) is 14.2. The molecule has 2 aromatic heterocycles. The number of likely N-dealkylation sites (tertiary alicyclic amines) is 1. The Bertz CT molecular complexity index is 598. The molecule has 0 bridgehead atoms. The quantitative estimate of drug-likeness (QED) is 0.888. The van der Waals surface area contributed by atoms with Crippen molar-refractivity contribution < 1.29 is 4.52 Å². The third kappa shape index (κ3) is 2.98. The highest BCUT2D eigenvalue weighted by molar-refractivity contribution is 5.47. The van der Waals surface area contributed by atoms with E-state index in [1.54, 1.807) is 4.68 Å². The predicted octanol–water partition coefficient (Wildman–Crippen LogP) is 1.13. The largest absolute Gasteiger partial charge is 0.332 e. The van der Waals surface area contributed by atoms with Crippen LogP contribution in [0.25, 0.3) is 11.6 Å². The van der Waals surface area contributed by atoms with Gasteiger partial charge >= 0.3 is 0 Å². The lowest BCUT2D eigenvalue weighted by molar-refractivity contribution is 0.306. The lowest BCUT2D eigenvalue weighted by Gasteiger charge is -2.17. The highest BCUT2D eigenvalue weighted by atomic mass is 16.5. The molecule has 0 spiro atoms. The van der Waals surface area contributed by atoms with Crippen LogP contribution in [0.5, 0.6) is 0 Å². The molecular weight excluding hydrogens is 268 g/mol. The van der Waals surface area contributed by atoms with Crippen LogP contribution < -0.4 is 5.73 Å². The van der Waals surface area contributed by atoms with Crippen molar-refractivity contribution in [1.82, 2.24) is 24.8 Å². The van der Waals surface area contributed by atoms with E-state index >= 15 is 0 Å². The van der Waals surface area contributed by atoms with Crippen LogP contribution in [0.15, 0.2) is 10.6 Å². The molecule has 1 fully saturated rings. The van der Waals surface area contributed by atoms with Gasteiger partial charge in [-0.05, 0) is 38.4 Å². The minimum Gasteiger partial charge on any atom is -0.332 e. The summed E-state index contributed by atoms with van der Waals surface area (Å²) in [5, 5.41) is 8.42. The number of nitrogens with zero attached hydrogens (tertiary/aromatic N) is 5. The SMILES string of the molecule is CCc1cc(-c2nc(C(N)CN3CCCC3)no2)n(C)n1. The number of rotatable bonds is 5. The van der Waals surface area contributed by atoms with Gasteiger partial charge in [-0.1, -0.05) is 12.1 Å². The molecule has 1 aliphatic heterocycles. The van der Waals surface area contributed by atoms with Gasteiger partial charge in [-0.3, -0.25) is 4.68 Å². The average Bonchev–Trinajstić information content (AvgIpc) is 3.17. The first-order chi connectivity index (χ1) is 10.2. The van der Waals surface area contributed by atoms with Gasteiger partial charge in [0.2, 0.25) is 0 Å². The van der Waals surface area contributed by atoms with E-state index in [0.29, 0.717) is 11.7 Å². The van der Waals surface area contributed by atoms with Crippen LogP contribution in [0.2, 0.25) is 0 Å². The van der Waals surface area contributed by atoms with Crippen LogP contribution in [0.4, 0.5) is 0 Å². The minimum absolute atomic E-state index is 0.209. The molecule has 3 rings (SSSR count). The monoisotopic (exact) mass is 290 g/mol. The van der Waals surface area contributed by atoms with Gasteiger partial charge in [-0.25, -0.2) is 0 Å². The third-order valence-electron chi connectivity index (χ3n) is 3.94. The van der Waals surface area contributed by atoms with Gasteiger partial charge in [0.15, 0.2) is 5.82 Å². The second-order valence-electron chi connectivity index (χ2n) is 5.57. The second kappa shape index (κ2) is 5.95. The van der Waals surface area contributed by atoms with E-state index in [2.05, 4.69) is 27.1 Å². The molecule has 3 heterocycles. The molecule has 1 aliphatic rings. The Morgan fingerprint density at radius 3 is 2.81 bits per heavy atom. The van der Waals surface area contributed by atoms with Gasteiger partial charge in [-0.15, -0.1) is 0 Å². The van der Waals surface area contributed by atoms with Crippen molar-refractivity contribution in [2.45, 2.75) is 32.2 Å². The van der Waals surface area contributed by atoms with Gasteiger partial charge in [-0.2, -0.15) is 10.1 Å². The van der Waals surface area contributed by atoms with Crippen LogP contribution in [-0.2, 0) is 13.5 Å². The zero-order valence-corrected chi connectivity index (χ0v) is 12.6. The Balaban J connectivity index is 1.74. The van der Waals surface area contributed by atoms with E-state index in [0.717, 1.165) is 37.4 Å². The Morgan fingerprint density at radius 1 is 1.38 bits per heavy atom. The van der Waals surface area contributed by atoms with E-state index in [1.807, 2.05) is 13.1 Å². The fraction of sp³-hybridized carbons (Fsp3) is 0.643. The summed E-state index contributed by atoms with van der Waals surface area (Å²) in [4.78, 5) is 6.79. The maximum Gasteiger partial charge on any atom is 0.276 e. The van der Waals surface area contributed by atoms with Crippen molar-refractivity contribution in [3.8, 4) is 11.6 Å². The molecule has 7 heteroatoms.